The highest BCUT2D eigenvalue weighted by atomic mass is 127. The van der Waals surface area contributed by atoms with Crippen LogP contribution in [0.2, 0.25) is 0 Å². The van der Waals surface area contributed by atoms with Crippen LogP contribution >= 0.6 is 24.0 Å². The van der Waals surface area contributed by atoms with Crippen LogP contribution < -0.4 is 10.6 Å². The monoisotopic (exact) mass is 522 g/mol. The lowest BCUT2D eigenvalue weighted by Crippen LogP contribution is -2.39. The average molecular weight is 522 g/mol. The van der Waals surface area contributed by atoms with Gasteiger partial charge < -0.3 is 10.6 Å². The number of nitrogens with one attached hydrogen (secondary N) is 2. The number of aliphatic imine (C=N–C) groups is 1. The fraction of sp³-hybridized carbons (Fsp3) is 0.562. The second-order valence-corrected chi connectivity index (χ2v) is 7.64. The lowest BCUT2D eigenvalue weighted by atomic mass is 10.1. The molecule has 0 radical (unpaired) electrons. The summed E-state index contributed by atoms with van der Waals surface area (Å²) in [4.78, 5) is 4.00. The molecule has 0 aliphatic rings. The SMILES string of the molecule is CCN(CCCNC(=NC)NCc1cccc(C(F)(F)F)c1)S(C)(=O)=O.I. The fourth-order valence-electron chi connectivity index (χ4n) is 2.28. The molecule has 2 N–H and O–H groups in total. The van der Waals surface area contributed by atoms with E-state index in [1.54, 1.807) is 20.0 Å². The molecule has 0 aromatic heterocycles. The molecule has 6 nitrogen and oxygen atoms in total. The number of hydrogen-bond donors (Lipinski definition) is 2. The summed E-state index contributed by atoms with van der Waals surface area (Å²) in [5.74, 6) is 0.435. The molecule has 0 fully saturated rings. The Morgan fingerprint density at radius 2 is 1.93 bits per heavy atom. The third-order valence-corrected chi connectivity index (χ3v) is 5.02. The van der Waals surface area contributed by atoms with E-state index < -0.39 is 21.8 Å². The van der Waals surface area contributed by atoms with Crippen LogP contribution in [-0.2, 0) is 22.7 Å². The molecule has 0 aliphatic heterocycles. The second-order valence-electron chi connectivity index (χ2n) is 5.66. The van der Waals surface area contributed by atoms with Crippen molar-refractivity contribution >= 4 is 40.0 Å². The zero-order valence-corrected chi connectivity index (χ0v) is 18.7. The molecule has 27 heavy (non-hydrogen) atoms. The number of guanidine groups is 1. The van der Waals surface area contributed by atoms with Crippen LogP contribution in [0.5, 0.6) is 0 Å². The predicted molar refractivity (Wildman–Crippen MR) is 112 cm³/mol. The summed E-state index contributed by atoms with van der Waals surface area (Å²) >= 11 is 0. The minimum atomic E-state index is -4.37. The van der Waals surface area contributed by atoms with E-state index in [1.165, 1.54) is 16.6 Å². The van der Waals surface area contributed by atoms with Crippen molar-refractivity contribution in [2.24, 2.45) is 4.99 Å². The Bertz CT molecular complexity index is 712. The van der Waals surface area contributed by atoms with Crippen molar-refractivity contribution in [3.63, 3.8) is 0 Å². The highest BCUT2D eigenvalue weighted by Crippen LogP contribution is 2.29. The molecule has 1 rings (SSSR count). The summed E-state index contributed by atoms with van der Waals surface area (Å²) in [5.41, 5.74) is -0.211. The molecule has 0 saturated heterocycles. The molecule has 156 valence electrons. The molecule has 1 aromatic rings. The maximum Gasteiger partial charge on any atom is 0.416 e. The van der Waals surface area contributed by atoms with E-state index in [2.05, 4.69) is 15.6 Å². The van der Waals surface area contributed by atoms with Gasteiger partial charge >= 0.3 is 6.18 Å². The van der Waals surface area contributed by atoms with Crippen LogP contribution in [0.15, 0.2) is 29.3 Å². The van der Waals surface area contributed by atoms with Gasteiger partial charge in [0, 0.05) is 33.2 Å². The molecule has 0 spiro atoms. The van der Waals surface area contributed by atoms with Gasteiger partial charge in [0.15, 0.2) is 5.96 Å². The minimum Gasteiger partial charge on any atom is -0.356 e. The summed E-state index contributed by atoms with van der Waals surface area (Å²) in [6.07, 6.45) is -2.63. The molecular formula is C16H26F3IN4O2S. The van der Waals surface area contributed by atoms with Crippen molar-refractivity contribution in [3.05, 3.63) is 35.4 Å². The highest BCUT2D eigenvalue weighted by Gasteiger charge is 2.30. The molecule has 0 bridgehead atoms. The van der Waals surface area contributed by atoms with Gasteiger partial charge in [-0.2, -0.15) is 13.2 Å². The Balaban J connectivity index is 0.00000676. The van der Waals surface area contributed by atoms with Crippen LogP contribution in [0.25, 0.3) is 0 Å². The Morgan fingerprint density at radius 3 is 2.44 bits per heavy atom. The first kappa shape index (κ1) is 25.9. The third kappa shape index (κ3) is 9.60. The summed E-state index contributed by atoms with van der Waals surface area (Å²) in [7, 11) is -1.66. The predicted octanol–water partition coefficient (Wildman–Crippen LogP) is 2.66. The fourth-order valence-corrected chi connectivity index (χ4v) is 3.21. The molecule has 0 unspecified atom stereocenters. The first-order chi connectivity index (χ1) is 12.1. The van der Waals surface area contributed by atoms with Gasteiger partial charge in [-0.1, -0.05) is 19.1 Å². The van der Waals surface area contributed by atoms with Crippen LogP contribution in [-0.4, -0.2) is 51.6 Å². The lowest BCUT2D eigenvalue weighted by molar-refractivity contribution is -0.137. The van der Waals surface area contributed by atoms with Crippen molar-refractivity contribution in [3.8, 4) is 0 Å². The topological polar surface area (TPSA) is 73.8 Å². The Labute approximate surface area is 175 Å². The van der Waals surface area contributed by atoms with Crippen molar-refractivity contribution in [2.75, 3.05) is 32.9 Å². The van der Waals surface area contributed by atoms with Gasteiger partial charge in [-0.25, -0.2) is 12.7 Å². The molecular weight excluding hydrogens is 496 g/mol. The van der Waals surface area contributed by atoms with Crippen molar-refractivity contribution in [1.29, 1.82) is 0 Å². The Kier molecular flexibility index (Phi) is 11.2. The van der Waals surface area contributed by atoms with E-state index in [0.29, 0.717) is 37.6 Å². The standard InChI is InChI=1S/C16H25F3N4O2S.HI/c1-4-23(26(3,24)25)10-6-9-21-15(20-2)22-12-13-7-5-8-14(11-13)16(17,18)19;/h5,7-8,11H,4,6,9-10,12H2,1-3H3,(H2,20,21,22);1H. The largest absolute Gasteiger partial charge is 0.416 e. The third-order valence-electron chi connectivity index (χ3n) is 3.64. The van der Waals surface area contributed by atoms with E-state index in [9.17, 15) is 21.6 Å². The summed E-state index contributed by atoms with van der Waals surface area (Å²) < 4.78 is 62.5. The van der Waals surface area contributed by atoms with E-state index in [-0.39, 0.29) is 30.5 Å². The molecule has 0 amide bonds. The van der Waals surface area contributed by atoms with Crippen LogP contribution in [0.1, 0.15) is 24.5 Å². The van der Waals surface area contributed by atoms with E-state index in [0.717, 1.165) is 12.1 Å². The zero-order valence-electron chi connectivity index (χ0n) is 15.5. The van der Waals surface area contributed by atoms with Gasteiger partial charge in [-0.05, 0) is 24.1 Å². The maximum absolute atomic E-state index is 12.7. The van der Waals surface area contributed by atoms with Gasteiger partial charge in [-0.3, -0.25) is 4.99 Å². The van der Waals surface area contributed by atoms with E-state index in [1.807, 2.05) is 0 Å². The molecule has 0 aliphatic carbocycles. The number of alkyl halides is 3. The molecule has 0 heterocycles. The van der Waals surface area contributed by atoms with E-state index >= 15 is 0 Å². The summed E-state index contributed by atoms with van der Waals surface area (Å²) in [6, 6.07) is 5.07. The number of benzene rings is 1. The number of nitrogens with zero attached hydrogens (tertiary/aromatic N) is 2. The number of hydrogen-bond acceptors (Lipinski definition) is 3. The first-order valence-electron chi connectivity index (χ1n) is 8.13. The molecule has 11 heteroatoms. The average Bonchev–Trinajstić information content (AvgIpc) is 2.55. The second kappa shape index (κ2) is 11.7. The molecule has 0 atom stereocenters. The van der Waals surface area contributed by atoms with Crippen LogP contribution in [0.3, 0.4) is 0 Å². The highest BCUT2D eigenvalue weighted by molar-refractivity contribution is 14.0. The van der Waals surface area contributed by atoms with Gasteiger partial charge in [0.1, 0.15) is 0 Å². The van der Waals surface area contributed by atoms with Gasteiger partial charge in [-0.15, -0.1) is 24.0 Å². The zero-order chi connectivity index (χ0) is 19.8. The van der Waals surface area contributed by atoms with Crippen LogP contribution in [0.4, 0.5) is 13.2 Å². The normalized spacial score (nSPS) is 12.6. The van der Waals surface area contributed by atoms with E-state index in [4.69, 9.17) is 0 Å². The molecule has 0 saturated carbocycles. The van der Waals surface area contributed by atoms with Crippen molar-refractivity contribution in [2.45, 2.75) is 26.1 Å². The van der Waals surface area contributed by atoms with Gasteiger partial charge in [0.25, 0.3) is 0 Å². The number of rotatable bonds is 8. The summed E-state index contributed by atoms with van der Waals surface area (Å²) in [5, 5.41) is 5.95. The smallest absolute Gasteiger partial charge is 0.356 e. The number of halogens is 4. The summed E-state index contributed by atoms with van der Waals surface area (Å²) in [6.45, 7) is 3.22. The Hall–Kier alpha value is -1.08. The van der Waals surface area contributed by atoms with Gasteiger partial charge in [0.2, 0.25) is 10.0 Å². The quantitative estimate of drug-likeness (QED) is 0.239. The first-order valence-corrected chi connectivity index (χ1v) is 9.98. The maximum atomic E-state index is 12.7. The lowest BCUT2D eigenvalue weighted by Gasteiger charge is -2.18. The number of sulfonamides is 1. The minimum absolute atomic E-state index is 0. The molecule has 1 aromatic carbocycles. The van der Waals surface area contributed by atoms with Crippen molar-refractivity contribution in [1.82, 2.24) is 14.9 Å². The van der Waals surface area contributed by atoms with Crippen LogP contribution in [0, 0.1) is 0 Å². The van der Waals surface area contributed by atoms with Gasteiger partial charge in [0.05, 0.1) is 11.8 Å². The Morgan fingerprint density at radius 1 is 1.26 bits per heavy atom. The van der Waals surface area contributed by atoms with Crippen molar-refractivity contribution < 1.29 is 21.6 Å².